The fourth-order valence-corrected chi connectivity index (χ4v) is 5.38. The molecule has 0 aromatic heterocycles. The molecule has 0 spiro atoms. The molecule has 2 aromatic carbocycles. The van der Waals surface area contributed by atoms with Crippen LogP contribution < -0.4 is 14.8 Å². The van der Waals surface area contributed by atoms with Crippen LogP contribution in [0.15, 0.2) is 47.4 Å². The summed E-state index contributed by atoms with van der Waals surface area (Å²) in [7, 11) is -2.53. The van der Waals surface area contributed by atoms with Crippen LogP contribution >= 0.6 is 0 Å². The van der Waals surface area contributed by atoms with Gasteiger partial charge in [-0.05, 0) is 68.5 Å². The van der Waals surface area contributed by atoms with Crippen LogP contribution in [-0.4, -0.2) is 50.9 Å². The molecule has 0 saturated heterocycles. The lowest BCUT2D eigenvalue weighted by Gasteiger charge is -2.37. The summed E-state index contributed by atoms with van der Waals surface area (Å²) in [4.78, 5) is 39.7. The van der Waals surface area contributed by atoms with Crippen LogP contribution in [0.25, 0.3) is 0 Å². The molecule has 2 aromatic rings. The summed E-state index contributed by atoms with van der Waals surface area (Å²) in [5, 5.41) is 2.68. The third-order valence-corrected chi connectivity index (χ3v) is 8.05. The molecule has 0 fully saturated rings. The van der Waals surface area contributed by atoms with Crippen LogP contribution in [0, 0.1) is 0 Å². The highest BCUT2D eigenvalue weighted by atomic mass is 32.2. The number of sulfonamides is 1. The Morgan fingerprint density at radius 3 is 2.35 bits per heavy atom. The lowest BCUT2D eigenvalue weighted by atomic mass is 9.77. The first-order valence-corrected chi connectivity index (χ1v) is 13.9. The van der Waals surface area contributed by atoms with E-state index in [4.69, 9.17) is 4.74 Å². The van der Waals surface area contributed by atoms with Crippen molar-refractivity contribution in [2.24, 2.45) is 0 Å². The minimum Gasteiger partial charge on any atom is -0.497 e. The summed E-state index contributed by atoms with van der Waals surface area (Å²) >= 11 is 0. The van der Waals surface area contributed by atoms with Crippen molar-refractivity contribution in [2.45, 2.75) is 69.7 Å². The van der Waals surface area contributed by atoms with Crippen molar-refractivity contribution in [1.29, 1.82) is 0 Å². The minimum atomic E-state index is -4.05. The highest BCUT2D eigenvalue weighted by Crippen LogP contribution is 2.36. The van der Waals surface area contributed by atoms with Gasteiger partial charge in [-0.2, -0.15) is 0 Å². The van der Waals surface area contributed by atoms with E-state index in [9.17, 15) is 22.8 Å². The van der Waals surface area contributed by atoms with Gasteiger partial charge in [0.05, 0.1) is 17.4 Å². The molecular formula is C27H35N3O6S. The summed E-state index contributed by atoms with van der Waals surface area (Å²) in [5.41, 5.74) is 0.949. The molecule has 0 saturated carbocycles. The van der Waals surface area contributed by atoms with Crippen LogP contribution in [0.4, 0.5) is 4.79 Å². The number of carbonyl (C=O) groups excluding carboxylic acids is 3. The van der Waals surface area contributed by atoms with Crippen LogP contribution in [0.5, 0.6) is 5.75 Å². The molecule has 37 heavy (non-hydrogen) atoms. The molecule has 1 atom stereocenters. The minimum absolute atomic E-state index is 0.0535. The zero-order valence-electron chi connectivity index (χ0n) is 22.0. The number of amides is 4. The third kappa shape index (κ3) is 6.12. The van der Waals surface area contributed by atoms with Crippen LogP contribution in [0.1, 0.15) is 68.4 Å². The molecule has 200 valence electrons. The fourth-order valence-electron chi connectivity index (χ4n) is 4.46. The number of imide groups is 1. The van der Waals surface area contributed by atoms with Gasteiger partial charge in [-0.25, -0.2) is 17.9 Å². The first kappa shape index (κ1) is 28.2. The number of hydrogen-bond donors (Lipinski definition) is 2. The average molecular weight is 530 g/mol. The molecule has 1 heterocycles. The molecule has 0 bridgehead atoms. The van der Waals surface area contributed by atoms with Crippen LogP contribution in [0.2, 0.25) is 0 Å². The maximum atomic E-state index is 13.2. The van der Waals surface area contributed by atoms with E-state index < -0.39 is 21.5 Å². The van der Waals surface area contributed by atoms with Crippen molar-refractivity contribution >= 4 is 27.9 Å². The smallest absolute Gasteiger partial charge is 0.328 e. The van der Waals surface area contributed by atoms with Gasteiger partial charge >= 0.3 is 6.03 Å². The van der Waals surface area contributed by atoms with E-state index >= 15 is 0 Å². The zero-order chi connectivity index (χ0) is 27.4. The molecule has 0 radical (unpaired) electrons. The Labute approximate surface area is 218 Å². The van der Waals surface area contributed by atoms with Crippen molar-refractivity contribution in [2.75, 3.05) is 13.7 Å². The monoisotopic (exact) mass is 529 g/mol. The Morgan fingerprint density at radius 2 is 1.76 bits per heavy atom. The Balaban J connectivity index is 1.69. The van der Waals surface area contributed by atoms with Gasteiger partial charge in [-0.15, -0.1) is 0 Å². The molecule has 0 aliphatic carbocycles. The summed E-state index contributed by atoms with van der Waals surface area (Å²) in [6.07, 6.45) is 2.68. The number of urea groups is 1. The zero-order valence-corrected chi connectivity index (χ0v) is 22.8. The molecule has 9 nitrogen and oxygen atoms in total. The van der Waals surface area contributed by atoms with Crippen LogP contribution in [0.3, 0.4) is 0 Å². The van der Waals surface area contributed by atoms with Gasteiger partial charge in [0.1, 0.15) is 5.75 Å². The van der Waals surface area contributed by atoms with Crippen molar-refractivity contribution in [3.05, 3.63) is 59.2 Å². The molecule has 1 unspecified atom stereocenters. The lowest BCUT2D eigenvalue weighted by Crippen LogP contribution is -2.52. The quantitative estimate of drug-likeness (QED) is 0.452. The van der Waals surface area contributed by atoms with Gasteiger partial charge in [0.25, 0.3) is 15.9 Å². The highest BCUT2D eigenvalue weighted by molar-refractivity contribution is 7.90. The Hall–Kier alpha value is -3.40. The van der Waals surface area contributed by atoms with Crippen molar-refractivity contribution in [1.82, 2.24) is 14.9 Å². The molecular weight excluding hydrogens is 494 g/mol. The van der Waals surface area contributed by atoms with Crippen molar-refractivity contribution in [3.63, 3.8) is 0 Å². The van der Waals surface area contributed by atoms with Gasteiger partial charge in [-0.1, -0.05) is 38.5 Å². The van der Waals surface area contributed by atoms with E-state index in [0.29, 0.717) is 29.7 Å². The number of ether oxygens (including phenoxy) is 1. The van der Waals surface area contributed by atoms with E-state index in [0.717, 1.165) is 18.4 Å². The fraction of sp³-hybridized carbons (Fsp3) is 0.444. The summed E-state index contributed by atoms with van der Waals surface area (Å²) in [6, 6.07) is 10.3. The van der Waals surface area contributed by atoms with E-state index in [2.05, 4.69) is 10.0 Å². The molecule has 4 amide bonds. The summed E-state index contributed by atoms with van der Waals surface area (Å²) in [5.74, 6) is -0.147. The first-order valence-electron chi connectivity index (χ1n) is 12.4. The predicted octanol–water partition coefficient (Wildman–Crippen LogP) is 3.76. The number of carbonyl (C=O) groups is 3. The van der Waals surface area contributed by atoms with E-state index in [-0.39, 0.29) is 29.3 Å². The van der Waals surface area contributed by atoms with Crippen LogP contribution in [-0.2, 0) is 26.7 Å². The van der Waals surface area contributed by atoms with Gasteiger partial charge in [0.15, 0.2) is 0 Å². The largest absolute Gasteiger partial charge is 0.497 e. The second kappa shape index (κ2) is 11.3. The standard InChI is InChI=1S/C27H35N3O6S/c1-6-8-19(7-2)28-26(33)29-37(34,35)21-12-9-18(10-13-21)15-16-30-24(31)22-17-20(36-5)11-14-23(22)27(3,4)25(30)32/h9-14,17,19H,6-8,15-16H2,1-5H3,(H2,28,29,33). The SMILES string of the molecule is CCCC(CC)NC(=O)NS(=O)(=O)c1ccc(CCN2C(=O)c3cc(OC)ccc3C(C)(C)C2=O)cc1. The predicted molar refractivity (Wildman–Crippen MR) is 140 cm³/mol. The molecule has 3 rings (SSSR count). The van der Waals surface area contributed by atoms with Crippen molar-refractivity contribution < 1.29 is 27.5 Å². The second-order valence-electron chi connectivity index (χ2n) is 9.67. The number of methoxy groups -OCH3 is 1. The number of nitrogens with zero attached hydrogens (tertiary/aromatic N) is 1. The third-order valence-electron chi connectivity index (χ3n) is 6.71. The van der Waals surface area contributed by atoms with Gasteiger partial charge in [0.2, 0.25) is 5.91 Å². The number of rotatable bonds is 10. The van der Waals surface area contributed by atoms with E-state index in [1.807, 2.05) is 13.8 Å². The van der Waals surface area contributed by atoms with Crippen molar-refractivity contribution in [3.8, 4) is 5.75 Å². The van der Waals surface area contributed by atoms with Gasteiger partial charge < -0.3 is 10.1 Å². The lowest BCUT2D eigenvalue weighted by molar-refractivity contribution is -0.134. The molecule has 2 N–H and O–H groups in total. The highest BCUT2D eigenvalue weighted by Gasteiger charge is 2.44. The van der Waals surface area contributed by atoms with E-state index in [1.54, 1.807) is 44.2 Å². The number of fused-ring (bicyclic) bond motifs is 1. The van der Waals surface area contributed by atoms with Gasteiger partial charge in [0, 0.05) is 18.2 Å². The molecule has 1 aliphatic rings. The number of hydrogen-bond acceptors (Lipinski definition) is 6. The van der Waals surface area contributed by atoms with E-state index in [1.165, 1.54) is 24.1 Å². The molecule has 1 aliphatic heterocycles. The summed E-state index contributed by atoms with van der Waals surface area (Å²) in [6.45, 7) is 7.63. The maximum Gasteiger partial charge on any atom is 0.328 e. The topological polar surface area (TPSA) is 122 Å². The Kier molecular flexibility index (Phi) is 8.63. The Bertz CT molecular complexity index is 1270. The Morgan fingerprint density at radius 1 is 1.08 bits per heavy atom. The maximum absolute atomic E-state index is 13.2. The second-order valence-corrected chi connectivity index (χ2v) is 11.3. The normalized spacial score (nSPS) is 15.6. The van der Waals surface area contributed by atoms with Gasteiger partial charge in [-0.3, -0.25) is 14.5 Å². The molecule has 10 heteroatoms. The summed E-state index contributed by atoms with van der Waals surface area (Å²) < 4.78 is 32.6. The number of nitrogens with one attached hydrogen (secondary N) is 2. The first-order chi connectivity index (χ1) is 17.4. The number of benzene rings is 2. The average Bonchev–Trinajstić information content (AvgIpc) is 2.87.